The van der Waals surface area contributed by atoms with Gasteiger partial charge in [0.1, 0.15) is 0 Å². The molecule has 3 aromatic heterocycles. The third-order valence-corrected chi connectivity index (χ3v) is 12.7. The Morgan fingerprint density at radius 2 is 0.661 bits per heavy atom. The first kappa shape index (κ1) is 34.5. The van der Waals surface area contributed by atoms with Gasteiger partial charge in [-0.25, -0.2) is 0 Å². The Balaban J connectivity index is 1.17. The molecule has 0 aliphatic rings. The van der Waals surface area contributed by atoms with Gasteiger partial charge in [0.15, 0.2) is 0 Å². The van der Waals surface area contributed by atoms with Crippen LogP contribution >= 0.6 is 0 Å². The van der Waals surface area contributed by atoms with Gasteiger partial charge in [-0.15, -0.1) is 0 Å². The van der Waals surface area contributed by atoms with E-state index in [4.69, 9.17) is 0 Å². The molecule has 13 rings (SSSR count). The second-order valence-corrected chi connectivity index (χ2v) is 16.2. The summed E-state index contributed by atoms with van der Waals surface area (Å²) in [4.78, 5) is 0. The van der Waals surface area contributed by atoms with Crippen molar-refractivity contribution in [2.75, 3.05) is 0 Å². The van der Waals surface area contributed by atoms with Crippen molar-refractivity contribution in [1.29, 1.82) is 0 Å². The van der Waals surface area contributed by atoms with E-state index >= 15 is 0 Å². The van der Waals surface area contributed by atoms with Gasteiger partial charge in [0.25, 0.3) is 0 Å². The highest BCUT2D eigenvalue weighted by Gasteiger charge is 2.18. The van der Waals surface area contributed by atoms with Gasteiger partial charge in [0.2, 0.25) is 0 Å². The minimum atomic E-state index is 1.09. The van der Waals surface area contributed by atoms with Gasteiger partial charge in [0, 0.05) is 66.1 Å². The van der Waals surface area contributed by atoms with E-state index in [1.807, 2.05) is 0 Å². The Hall–Kier alpha value is -8.34. The first-order valence-electron chi connectivity index (χ1n) is 21.3. The van der Waals surface area contributed by atoms with Crippen LogP contribution in [-0.4, -0.2) is 18.3 Å². The molecular formula is C58H38N4. The minimum absolute atomic E-state index is 1.09. The third kappa shape index (κ3) is 5.27. The lowest BCUT2D eigenvalue weighted by atomic mass is 10.1. The van der Waals surface area contributed by atoms with E-state index < -0.39 is 0 Å². The molecule has 13 aromatic rings. The molecule has 0 aliphatic carbocycles. The minimum Gasteiger partial charge on any atom is -0.310 e. The van der Waals surface area contributed by atoms with Gasteiger partial charge in [0.05, 0.1) is 27.8 Å². The van der Waals surface area contributed by atoms with Crippen LogP contribution in [0.2, 0.25) is 0 Å². The van der Waals surface area contributed by atoms with Crippen molar-refractivity contribution < 1.29 is 0 Å². The molecule has 0 saturated heterocycles. The predicted molar refractivity (Wildman–Crippen MR) is 261 cm³/mol. The summed E-state index contributed by atoms with van der Waals surface area (Å²) in [6, 6.07) is 84.5. The lowest BCUT2D eigenvalue weighted by molar-refractivity contribution is 1.15. The summed E-state index contributed by atoms with van der Waals surface area (Å²) in [6.45, 7) is 0. The normalized spacial score (nSPS) is 11.9. The van der Waals surface area contributed by atoms with Crippen molar-refractivity contribution in [3.63, 3.8) is 0 Å². The number of rotatable bonds is 4. The topological polar surface area (TPSA) is 19.7 Å². The number of hydrogen-bond donors (Lipinski definition) is 0. The number of nitrogens with zero attached hydrogens (tertiary/aromatic N) is 4. The molecule has 0 amide bonds. The molecule has 0 spiro atoms. The monoisotopic (exact) mass is 790 g/mol. The lowest BCUT2D eigenvalue weighted by Gasteiger charge is -2.14. The fraction of sp³-hybridized carbons (Fsp3) is 0. The van der Waals surface area contributed by atoms with Crippen LogP contribution in [0.15, 0.2) is 231 Å². The molecule has 0 aliphatic heterocycles. The maximum atomic E-state index is 2.44. The van der Waals surface area contributed by atoms with Crippen molar-refractivity contribution in [1.82, 2.24) is 18.3 Å². The highest BCUT2D eigenvalue weighted by atomic mass is 15.0. The van der Waals surface area contributed by atoms with Gasteiger partial charge in [-0.1, -0.05) is 115 Å². The standard InChI is InChI=1S/C58H38N4/c1-3-18-42(19-4-1)59-44-22-11-16-40(34-44)41-17-12-23-45(35-41)60(48-29-32-57-53(38-48)52-37-46(59)28-31-56(52)61(57)43-20-5-2-6-21-43)47-30-33-58-51(36-47)50-25-9-10-26-55(50)62(58)54-27-13-15-39-14-7-8-24-49(39)54/h1-38H. The summed E-state index contributed by atoms with van der Waals surface area (Å²) in [5.41, 5.74) is 13.6. The summed E-state index contributed by atoms with van der Waals surface area (Å²) in [5, 5.41) is 9.59. The van der Waals surface area contributed by atoms with Gasteiger partial charge >= 0.3 is 0 Å². The first-order valence-corrected chi connectivity index (χ1v) is 21.3. The molecule has 0 unspecified atom stereocenters. The highest BCUT2D eigenvalue weighted by molar-refractivity contribution is 6.13. The van der Waals surface area contributed by atoms with E-state index in [1.54, 1.807) is 0 Å². The smallest absolute Gasteiger partial charge is 0.0542 e. The third-order valence-electron chi connectivity index (χ3n) is 12.7. The van der Waals surface area contributed by atoms with Crippen LogP contribution in [0, 0.1) is 0 Å². The SMILES string of the molecule is c1ccc(-n2c3cccc(c3)c3cccc(c3)n(-c3ccc4c(c3)c3ccccc3n4-c3cccc4ccccc34)c3ccc4c(c3)c3cc2ccc3n4-c2ccccc2)cc1. The zero-order valence-corrected chi connectivity index (χ0v) is 33.7. The van der Waals surface area contributed by atoms with Crippen LogP contribution in [0.4, 0.5) is 0 Å². The van der Waals surface area contributed by atoms with Crippen LogP contribution in [0.1, 0.15) is 0 Å². The molecule has 62 heavy (non-hydrogen) atoms. The Labute approximate surface area is 357 Å². The fourth-order valence-electron chi connectivity index (χ4n) is 10.0. The first-order chi connectivity index (χ1) is 30.7. The van der Waals surface area contributed by atoms with Gasteiger partial charge in [-0.05, 0) is 131 Å². The number of aromatic nitrogens is 4. The van der Waals surface area contributed by atoms with Crippen molar-refractivity contribution in [3.8, 4) is 22.7 Å². The van der Waals surface area contributed by atoms with Crippen LogP contribution in [0.3, 0.4) is 0 Å². The number of hydrogen-bond acceptors (Lipinski definition) is 0. The summed E-state index contributed by atoms with van der Waals surface area (Å²) >= 11 is 0. The summed E-state index contributed by atoms with van der Waals surface area (Å²) in [7, 11) is 0. The Morgan fingerprint density at radius 3 is 1.34 bits per heavy atom. The summed E-state index contributed by atoms with van der Waals surface area (Å²) in [5.74, 6) is 0. The number of para-hydroxylation sites is 3. The molecule has 4 nitrogen and oxygen atoms in total. The second-order valence-electron chi connectivity index (χ2n) is 16.2. The van der Waals surface area contributed by atoms with Crippen LogP contribution in [0.5, 0.6) is 0 Å². The molecule has 0 fully saturated rings. The fourth-order valence-corrected chi connectivity index (χ4v) is 10.0. The molecule has 8 bridgehead atoms. The molecule has 0 atom stereocenters. The van der Waals surface area contributed by atoms with Crippen molar-refractivity contribution >= 4 is 87.2 Å². The molecule has 290 valence electrons. The lowest BCUT2D eigenvalue weighted by Crippen LogP contribution is -1.98. The van der Waals surface area contributed by atoms with E-state index in [9.17, 15) is 0 Å². The Kier molecular flexibility index (Phi) is 7.57. The van der Waals surface area contributed by atoms with Crippen LogP contribution < -0.4 is 0 Å². The van der Waals surface area contributed by atoms with Crippen LogP contribution in [0.25, 0.3) is 110 Å². The van der Waals surface area contributed by atoms with E-state index in [-0.39, 0.29) is 0 Å². The van der Waals surface area contributed by atoms with Crippen molar-refractivity contribution in [3.05, 3.63) is 231 Å². The van der Waals surface area contributed by atoms with E-state index in [0.717, 1.165) is 60.9 Å². The summed E-state index contributed by atoms with van der Waals surface area (Å²) in [6.07, 6.45) is 0. The van der Waals surface area contributed by atoms with E-state index in [1.165, 1.54) is 49.0 Å². The molecule has 10 aromatic carbocycles. The highest BCUT2D eigenvalue weighted by Crippen LogP contribution is 2.38. The molecule has 3 heterocycles. The van der Waals surface area contributed by atoms with Gasteiger partial charge < -0.3 is 18.3 Å². The zero-order chi connectivity index (χ0) is 40.7. The second kappa shape index (κ2) is 13.6. The largest absolute Gasteiger partial charge is 0.310 e. The molecule has 0 radical (unpaired) electrons. The average Bonchev–Trinajstić information content (AvgIpc) is 3.84. The zero-order valence-electron chi connectivity index (χ0n) is 33.7. The maximum absolute atomic E-state index is 2.44. The Bertz CT molecular complexity index is 3970. The molecule has 4 heteroatoms. The number of fused-ring (bicyclic) bond motifs is 11. The maximum Gasteiger partial charge on any atom is 0.0542 e. The average molecular weight is 791 g/mol. The quantitative estimate of drug-likeness (QED) is 0.169. The molecule has 0 N–H and O–H groups in total. The summed E-state index contributed by atoms with van der Waals surface area (Å²) < 4.78 is 9.66. The number of benzene rings is 10. The van der Waals surface area contributed by atoms with Crippen molar-refractivity contribution in [2.45, 2.75) is 0 Å². The van der Waals surface area contributed by atoms with Gasteiger partial charge in [-0.2, -0.15) is 0 Å². The van der Waals surface area contributed by atoms with E-state index in [2.05, 4.69) is 249 Å². The van der Waals surface area contributed by atoms with Crippen LogP contribution in [-0.2, 0) is 0 Å². The molecular weight excluding hydrogens is 753 g/mol. The Morgan fingerprint density at radius 1 is 0.210 bits per heavy atom. The van der Waals surface area contributed by atoms with Gasteiger partial charge in [-0.3, -0.25) is 0 Å². The van der Waals surface area contributed by atoms with E-state index in [0.29, 0.717) is 0 Å². The van der Waals surface area contributed by atoms with Crippen molar-refractivity contribution in [2.24, 2.45) is 0 Å². The predicted octanol–water partition coefficient (Wildman–Crippen LogP) is 15.2. The molecule has 0 saturated carbocycles.